The number of carboxylic acid groups (broad SMARTS) is 1. The van der Waals surface area contributed by atoms with Gasteiger partial charge in [-0.15, -0.1) is 16.4 Å². The van der Waals surface area contributed by atoms with Gasteiger partial charge in [-0.05, 0) is 13.0 Å². The van der Waals surface area contributed by atoms with Gasteiger partial charge in [-0.3, -0.25) is 0 Å². The van der Waals surface area contributed by atoms with Crippen molar-refractivity contribution in [1.29, 1.82) is 0 Å². The highest BCUT2D eigenvalue weighted by atomic mass is 35.5. The molecule has 2 heterocycles. The van der Waals surface area contributed by atoms with Crippen LogP contribution in [-0.2, 0) is 6.42 Å². The summed E-state index contributed by atoms with van der Waals surface area (Å²) in [6.45, 7) is 1.81. The molecule has 2 aromatic rings. The first-order valence-corrected chi connectivity index (χ1v) is 6.15. The first-order chi connectivity index (χ1) is 8.06. The lowest BCUT2D eigenvalue weighted by Gasteiger charge is -2.08. The van der Waals surface area contributed by atoms with Gasteiger partial charge in [0, 0.05) is 17.3 Å². The van der Waals surface area contributed by atoms with Gasteiger partial charge in [0.25, 0.3) is 0 Å². The minimum absolute atomic E-state index is 0.146. The lowest BCUT2D eigenvalue weighted by Crippen LogP contribution is -2.32. The number of hydrogen-bond donors (Lipinski definition) is 2. The van der Waals surface area contributed by atoms with Crippen molar-refractivity contribution >= 4 is 39.2 Å². The zero-order valence-corrected chi connectivity index (χ0v) is 10.5. The second-order valence-corrected chi connectivity index (χ2v) is 5.22. The maximum atomic E-state index is 10.5. The largest absolute Gasteiger partial charge is 0.465 e. The van der Waals surface area contributed by atoms with Gasteiger partial charge in [0.1, 0.15) is 5.52 Å². The topological polar surface area (TPSA) is 75.1 Å². The van der Waals surface area contributed by atoms with Crippen molar-refractivity contribution in [2.24, 2.45) is 0 Å². The number of nitrogens with zero attached hydrogens (tertiary/aromatic N) is 2. The molecular formula is C10H10ClN3O2S. The molecule has 17 heavy (non-hydrogen) atoms. The van der Waals surface area contributed by atoms with E-state index < -0.39 is 6.09 Å². The minimum atomic E-state index is -1.02. The fourth-order valence-electron chi connectivity index (χ4n) is 1.54. The molecule has 0 radical (unpaired) electrons. The molecule has 2 rings (SSSR count). The van der Waals surface area contributed by atoms with E-state index in [0.29, 0.717) is 11.4 Å². The molecule has 0 saturated carbocycles. The Morgan fingerprint density at radius 1 is 1.71 bits per heavy atom. The number of amides is 1. The molecule has 0 bridgehead atoms. The number of aromatic nitrogens is 2. The van der Waals surface area contributed by atoms with Crippen LogP contribution in [-0.4, -0.2) is 27.4 Å². The molecular weight excluding hydrogens is 262 g/mol. The van der Waals surface area contributed by atoms with Crippen LogP contribution in [0.5, 0.6) is 0 Å². The van der Waals surface area contributed by atoms with E-state index >= 15 is 0 Å². The summed E-state index contributed by atoms with van der Waals surface area (Å²) in [5.74, 6) is 0. The maximum absolute atomic E-state index is 10.5. The summed E-state index contributed by atoms with van der Waals surface area (Å²) in [7, 11) is 0. The second kappa shape index (κ2) is 4.85. The number of hydrogen-bond acceptors (Lipinski definition) is 4. The second-order valence-electron chi connectivity index (χ2n) is 3.67. The molecule has 0 aliphatic rings. The van der Waals surface area contributed by atoms with Crippen LogP contribution in [0.3, 0.4) is 0 Å². The summed E-state index contributed by atoms with van der Waals surface area (Å²) >= 11 is 7.50. The molecule has 0 aliphatic heterocycles. The van der Waals surface area contributed by atoms with Crippen LogP contribution in [0.25, 0.3) is 10.2 Å². The Morgan fingerprint density at radius 2 is 2.47 bits per heavy atom. The number of carbonyl (C=O) groups is 1. The third-order valence-electron chi connectivity index (χ3n) is 2.19. The van der Waals surface area contributed by atoms with Crippen molar-refractivity contribution in [3.63, 3.8) is 0 Å². The van der Waals surface area contributed by atoms with E-state index in [0.717, 1.165) is 15.1 Å². The Morgan fingerprint density at radius 3 is 3.12 bits per heavy atom. The highest BCUT2D eigenvalue weighted by Gasteiger charge is 2.11. The summed E-state index contributed by atoms with van der Waals surface area (Å²) in [5.41, 5.74) is 0.750. The van der Waals surface area contributed by atoms with Crippen molar-refractivity contribution in [2.45, 2.75) is 19.4 Å². The zero-order chi connectivity index (χ0) is 12.4. The van der Waals surface area contributed by atoms with Crippen LogP contribution in [0.4, 0.5) is 4.79 Å². The Labute approximate surface area is 106 Å². The summed E-state index contributed by atoms with van der Waals surface area (Å²) in [5, 5.41) is 19.3. The molecule has 0 spiro atoms. The van der Waals surface area contributed by atoms with E-state index in [1.807, 2.05) is 13.0 Å². The zero-order valence-electron chi connectivity index (χ0n) is 8.98. The van der Waals surface area contributed by atoms with Gasteiger partial charge in [0.05, 0.1) is 15.9 Å². The Bertz CT molecular complexity index is 557. The van der Waals surface area contributed by atoms with Crippen LogP contribution < -0.4 is 5.32 Å². The minimum Gasteiger partial charge on any atom is -0.465 e. The van der Waals surface area contributed by atoms with E-state index in [9.17, 15) is 4.79 Å². The lowest BCUT2D eigenvalue weighted by molar-refractivity contribution is 0.191. The summed E-state index contributed by atoms with van der Waals surface area (Å²) in [4.78, 5) is 11.5. The van der Waals surface area contributed by atoms with E-state index in [1.54, 1.807) is 0 Å². The fraction of sp³-hybridized carbons (Fsp3) is 0.300. The van der Waals surface area contributed by atoms with Crippen LogP contribution in [0, 0.1) is 0 Å². The Kier molecular flexibility index (Phi) is 3.44. The molecule has 0 aliphatic carbocycles. The number of rotatable bonds is 3. The van der Waals surface area contributed by atoms with Gasteiger partial charge in [0.2, 0.25) is 0 Å². The predicted octanol–water partition coefficient (Wildman–Crippen LogP) is 2.54. The smallest absolute Gasteiger partial charge is 0.404 e. The highest BCUT2D eigenvalue weighted by molar-refractivity contribution is 7.19. The summed E-state index contributed by atoms with van der Waals surface area (Å²) in [6.07, 6.45) is 1.10. The van der Waals surface area contributed by atoms with Gasteiger partial charge in [-0.25, -0.2) is 4.79 Å². The first-order valence-electron chi connectivity index (χ1n) is 4.95. The normalized spacial score (nSPS) is 12.6. The summed E-state index contributed by atoms with van der Waals surface area (Å²) < 4.78 is 0.888. The maximum Gasteiger partial charge on any atom is 0.404 e. The molecule has 0 aromatic carbocycles. The molecule has 0 unspecified atom stereocenters. The van der Waals surface area contributed by atoms with Gasteiger partial charge in [-0.2, -0.15) is 5.10 Å². The van der Waals surface area contributed by atoms with Crippen LogP contribution >= 0.6 is 22.9 Å². The van der Waals surface area contributed by atoms with Crippen molar-refractivity contribution < 1.29 is 9.90 Å². The first kappa shape index (κ1) is 12.1. The average molecular weight is 272 g/mol. The number of halogens is 1. The Hall–Kier alpha value is -1.40. The summed E-state index contributed by atoms with van der Waals surface area (Å²) in [6, 6.07) is 1.74. The van der Waals surface area contributed by atoms with Crippen molar-refractivity contribution in [3.8, 4) is 0 Å². The van der Waals surface area contributed by atoms with Gasteiger partial charge in [0.15, 0.2) is 0 Å². The van der Waals surface area contributed by atoms with Crippen molar-refractivity contribution in [2.75, 3.05) is 0 Å². The van der Waals surface area contributed by atoms with Gasteiger partial charge < -0.3 is 10.4 Å². The monoisotopic (exact) mass is 271 g/mol. The van der Waals surface area contributed by atoms with Crippen LogP contribution in [0.2, 0.25) is 5.02 Å². The van der Waals surface area contributed by atoms with Gasteiger partial charge in [-0.1, -0.05) is 11.6 Å². The van der Waals surface area contributed by atoms with E-state index in [2.05, 4.69) is 15.5 Å². The van der Waals surface area contributed by atoms with E-state index in [1.165, 1.54) is 17.5 Å². The lowest BCUT2D eigenvalue weighted by atomic mass is 10.2. The predicted molar refractivity (Wildman–Crippen MR) is 66.8 cm³/mol. The molecule has 0 saturated heterocycles. The third kappa shape index (κ3) is 2.83. The van der Waals surface area contributed by atoms with E-state index in [-0.39, 0.29) is 6.04 Å². The number of thiophene rings is 1. The molecule has 7 heteroatoms. The number of nitrogens with one attached hydrogen (secondary N) is 1. The molecule has 1 atom stereocenters. The number of fused-ring (bicyclic) bond motifs is 1. The Balaban J connectivity index is 2.20. The SMILES string of the molecule is C[C@@H](Cc1cc2nncc(Cl)c2s1)NC(=O)O. The highest BCUT2D eigenvalue weighted by Crippen LogP contribution is 2.30. The van der Waals surface area contributed by atoms with E-state index in [4.69, 9.17) is 16.7 Å². The third-order valence-corrected chi connectivity index (χ3v) is 3.77. The average Bonchev–Trinajstić information content (AvgIpc) is 2.60. The van der Waals surface area contributed by atoms with Crippen LogP contribution in [0.15, 0.2) is 12.3 Å². The molecule has 1 amide bonds. The molecule has 90 valence electrons. The quantitative estimate of drug-likeness (QED) is 0.900. The van der Waals surface area contributed by atoms with Crippen molar-refractivity contribution in [3.05, 3.63) is 22.2 Å². The molecule has 0 fully saturated rings. The van der Waals surface area contributed by atoms with Crippen LogP contribution in [0.1, 0.15) is 11.8 Å². The van der Waals surface area contributed by atoms with Gasteiger partial charge >= 0.3 is 6.09 Å². The fourth-order valence-corrected chi connectivity index (χ4v) is 2.92. The molecule has 2 aromatic heterocycles. The molecule has 5 nitrogen and oxygen atoms in total. The standard InChI is InChI=1S/C10H10ClN3O2S/c1-5(13-10(15)16)2-6-3-8-9(17-6)7(11)4-12-14-8/h3-5,13H,2H2,1H3,(H,15,16)/t5-/m0/s1. The van der Waals surface area contributed by atoms with Crippen molar-refractivity contribution in [1.82, 2.24) is 15.5 Å². The molecule has 2 N–H and O–H groups in total.